The maximum Gasteiger partial charge on any atom is 0.419 e. The number of para-hydroxylation sites is 1. The number of alkyl halides is 3. The van der Waals surface area contributed by atoms with Crippen molar-refractivity contribution in [3.8, 4) is 5.75 Å². The molecule has 0 heterocycles. The van der Waals surface area contributed by atoms with E-state index in [0.29, 0.717) is 0 Å². The maximum atomic E-state index is 12.8. The molecule has 1 aromatic rings. The number of rotatable bonds is 4. The standard InChI is InChI=1S/C13H13F3O3/c1-18-12(17)11(8-6-7-8)19-10-5-3-2-4-9(10)13(14,15)16/h2-5,8,11H,6-7H2,1H3. The summed E-state index contributed by atoms with van der Waals surface area (Å²) in [5.74, 6) is -1.04. The van der Waals surface area contributed by atoms with Crippen LogP contribution >= 0.6 is 0 Å². The molecule has 0 spiro atoms. The quantitative estimate of drug-likeness (QED) is 0.792. The van der Waals surface area contributed by atoms with E-state index in [2.05, 4.69) is 4.74 Å². The molecule has 6 heteroatoms. The first-order valence-corrected chi connectivity index (χ1v) is 5.84. The summed E-state index contributed by atoms with van der Waals surface area (Å²) in [4.78, 5) is 11.5. The van der Waals surface area contributed by atoms with Gasteiger partial charge in [0.2, 0.25) is 0 Å². The Labute approximate surface area is 108 Å². The minimum absolute atomic E-state index is 0.0614. The van der Waals surface area contributed by atoms with E-state index in [4.69, 9.17) is 4.74 Å². The lowest BCUT2D eigenvalue weighted by atomic mass is 10.1. The smallest absolute Gasteiger partial charge is 0.419 e. The van der Waals surface area contributed by atoms with Gasteiger partial charge in [0.05, 0.1) is 12.7 Å². The third-order valence-corrected chi connectivity index (χ3v) is 2.93. The number of carbonyl (C=O) groups excluding carboxylic acids is 1. The maximum absolute atomic E-state index is 12.8. The predicted octanol–water partition coefficient (Wildman–Crippen LogP) is 3.04. The van der Waals surface area contributed by atoms with Crippen molar-refractivity contribution < 1.29 is 27.4 Å². The Morgan fingerprint density at radius 2 is 1.95 bits per heavy atom. The summed E-state index contributed by atoms with van der Waals surface area (Å²) in [6.07, 6.45) is -3.96. The SMILES string of the molecule is COC(=O)C(Oc1ccccc1C(F)(F)F)C1CC1. The summed E-state index contributed by atoms with van der Waals surface area (Å²) in [6.45, 7) is 0. The van der Waals surface area contributed by atoms with E-state index < -0.39 is 23.8 Å². The highest BCUT2D eigenvalue weighted by Gasteiger charge is 2.41. The van der Waals surface area contributed by atoms with E-state index in [1.54, 1.807) is 0 Å². The molecule has 0 radical (unpaired) electrons. The molecular weight excluding hydrogens is 261 g/mol. The van der Waals surface area contributed by atoms with Crippen molar-refractivity contribution >= 4 is 5.97 Å². The number of ether oxygens (including phenoxy) is 2. The van der Waals surface area contributed by atoms with Crippen LogP contribution in [0.3, 0.4) is 0 Å². The highest BCUT2D eigenvalue weighted by Crippen LogP contribution is 2.40. The zero-order valence-electron chi connectivity index (χ0n) is 10.2. The van der Waals surface area contributed by atoms with Crippen molar-refractivity contribution in [1.29, 1.82) is 0 Å². The van der Waals surface area contributed by atoms with Gasteiger partial charge in [-0.2, -0.15) is 13.2 Å². The highest BCUT2D eigenvalue weighted by atomic mass is 19.4. The second-order valence-electron chi connectivity index (χ2n) is 4.39. The van der Waals surface area contributed by atoms with E-state index >= 15 is 0 Å². The lowest BCUT2D eigenvalue weighted by Gasteiger charge is -2.19. The third kappa shape index (κ3) is 3.19. The molecule has 0 saturated heterocycles. The van der Waals surface area contributed by atoms with Gasteiger partial charge in [0.25, 0.3) is 0 Å². The van der Waals surface area contributed by atoms with E-state index in [0.717, 1.165) is 18.9 Å². The summed E-state index contributed by atoms with van der Waals surface area (Å²) < 4.78 is 48.2. The van der Waals surface area contributed by atoms with Crippen molar-refractivity contribution in [3.05, 3.63) is 29.8 Å². The van der Waals surface area contributed by atoms with E-state index in [1.807, 2.05) is 0 Å². The molecule has 0 bridgehead atoms. The van der Waals surface area contributed by atoms with Gasteiger partial charge in [-0.05, 0) is 25.0 Å². The molecule has 0 aromatic heterocycles. The summed E-state index contributed by atoms with van der Waals surface area (Å²) in [5, 5.41) is 0. The molecule has 1 aliphatic carbocycles. The van der Waals surface area contributed by atoms with Gasteiger partial charge in [0, 0.05) is 5.92 Å². The van der Waals surface area contributed by atoms with Crippen LogP contribution in [-0.2, 0) is 15.7 Å². The number of hydrogen-bond acceptors (Lipinski definition) is 3. The average molecular weight is 274 g/mol. The molecule has 2 rings (SSSR count). The molecule has 104 valence electrons. The van der Waals surface area contributed by atoms with E-state index in [9.17, 15) is 18.0 Å². The number of methoxy groups -OCH3 is 1. The first-order valence-electron chi connectivity index (χ1n) is 5.84. The van der Waals surface area contributed by atoms with Crippen molar-refractivity contribution in [2.75, 3.05) is 7.11 Å². The molecule has 0 aliphatic heterocycles. The Balaban J connectivity index is 2.24. The van der Waals surface area contributed by atoms with Gasteiger partial charge in [-0.25, -0.2) is 4.79 Å². The predicted molar refractivity (Wildman–Crippen MR) is 60.6 cm³/mol. The van der Waals surface area contributed by atoms with Gasteiger partial charge in [-0.15, -0.1) is 0 Å². The Bertz CT molecular complexity index is 466. The van der Waals surface area contributed by atoms with E-state index in [-0.39, 0.29) is 11.7 Å². The van der Waals surface area contributed by atoms with Gasteiger partial charge in [-0.1, -0.05) is 12.1 Å². The third-order valence-electron chi connectivity index (χ3n) is 2.93. The summed E-state index contributed by atoms with van der Waals surface area (Å²) in [7, 11) is 1.19. The van der Waals surface area contributed by atoms with Gasteiger partial charge in [0.15, 0.2) is 6.10 Å². The van der Waals surface area contributed by atoms with Crippen molar-refractivity contribution in [3.63, 3.8) is 0 Å². The van der Waals surface area contributed by atoms with Gasteiger partial charge in [0.1, 0.15) is 5.75 Å². The fourth-order valence-electron chi connectivity index (χ4n) is 1.79. The lowest BCUT2D eigenvalue weighted by molar-refractivity contribution is -0.152. The largest absolute Gasteiger partial charge is 0.478 e. The molecule has 1 unspecified atom stereocenters. The Kier molecular flexibility index (Phi) is 3.68. The molecule has 3 nitrogen and oxygen atoms in total. The van der Waals surface area contributed by atoms with Crippen LogP contribution in [0.5, 0.6) is 5.75 Å². The molecule has 1 saturated carbocycles. The number of hydrogen-bond donors (Lipinski definition) is 0. The zero-order valence-corrected chi connectivity index (χ0v) is 10.2. The second kappa shape index (κ2) is 5.11. The minimum atomic E-state index is -4.51. The van der Waals surface area contributed by atoms with Gasteiger partial charge >= 0.3 is 12.1 Å². The first kappa shape index (κ1) is 13.7. The average Bonchev–Trinajstić information content (AvgIpc) is 3.18. The molecule has 19 heavy (non-hydrogen) atoms. The summed E-state index contributed by atoms with van der Waals surface area (Å²) in [6, 6.07) is 4.85. The van der Waals surface area contributed by atoms with Crippen LogP contribution in [0.1, 0.15) is 18.4 Å². The number of carbonyl (C=O) groups is 1. The fraction of sp³-hybridized carbons (Fsp3) is 0.462. The molecule has 1 atom stereocenters. The van der Waals surface area contributed by atoms with Crippen LogP contribution in [0.15, 0.2) is 24.3 Å². The van der Waals surface area contributed by atoms with E-state index in [1.165, 1.54) is 25.3 Å². The molecule has 0 amide bonds. The number of halogens is 3. The first-order chi connectivity index (χ1) is 8.93. The van der Waals surface area contributed by atoms with Gasteiger partial charge < -0.3 is 9.47 Å². The van der Waals surface area contributed by atoms with Crippen LogP contribution in [-0.4, -0.2) is 19.2 Å². The highest BCUT2D eigenvalue weighted by molar-refractivity contribution is 5.76. The molecular formula is C13H13F3O3. The monoisotopic (exact) mass is 274 g/mol. The van der Waals surface area contributed by atoms with Gasteiger partial charge in [-0.3, -0.25) is 0 Å². The van der Waals surface area contributed by atoms with Crippen LogP contribution in [0.2, 0.25) is 0 Å². The normalized spacial score (nSPS) is 16.8. The van der Waals surface area contributed by atoms with Crippen molar-refractivity contribution in [2.24, 2.45) is 5.92 Å². The van der Waals surface area contributed by atoms with Crippen molar-refractivity contribution in [1.82, 2.24) is 0 Å². The van der Waals surface area contributed by atoms with Crippen LogP contribution in [0.4, 0.5) is 13.2 Å². The molecule has 1 fully saturated rings. The van der Waals surface area contributed by atoms with Crippen molar-refractivity contribution in [2.45, 2.75) is 25.1 Å². The van der Waals surface area contributed by atoms with Crippen LogP contribution < -0.4 is 4.74 Å². The molecule has 1 aliphatic rings. The number of esters is 1. The molecule has 0 N–H and O–H groups in total. The van der Waals surface area contributed by atoms with Crippen LogP contribution in [0.25, 0.3) is 0 Å². The Morgan fingerprint density at radius 3 is 2.47 bits per heavy atom. The minimum Gasteiger partial charge on any atom is -0.478 e. The topological polar surface area (TPSA) is 35.5 Å². The number of benzene rings is 1. The Hall–Kier alpha value is -1.72. The summed E-state index contributed by atoms with van der Waals surface area (Å²) in [5.41, 5.74) is -0.885. The Morgan fingerprint density at radius 1 is 1.32 bits per heavy atom. The lowest BCUT2D eigenvalue weighted by Crippen LogP contribution is -2.31. The zero-order chi connectivity index (χ0) is 14.0. The van der Waals surface area contributed by atoms with Crippen LogP contribution in [0, 0.1) is 5.92 Å². The molecule has 1 aromatic carbocycles. The summed E-state index contributed by atoms with van der Waals surface area (Å²) >= 11 is 0. The second-order valence-corrected chi connectivity index (χ2v) is 4.39. The fourth-order valence-corrected chi connectivity index (χ4v) is 1.79.